The molecule has 0 aliphatic carbocycles. The van der Waals surface area contributed by atoms with Crippen LogP contribution < -0.4 is 0 Å². The monoisotopic (exact) mass is 332 g/mol. The highest BCUT2D eigenvalue weighted by Crippen LogP contribution is 2.18. The van der Waals surface area contributed by atoms with Crippen molar-refractivity contribution in [3.63, 3.8) is 0 Å². The van der Waals surface area contributed by atoms with Crippen LogP contribution in [0.5, 0.6) is 0 Å². The van der Waals surface area contributed by atoms with Crippen LogP contribution in [0.3, 0.4) is 0 Å². The molecule has 0 aromatic carbocycles. The highest BCUT2D eigenvalue weighted by Gasteiger charge is 2.08. The first-order valence-electron chi connectivity index (χ1n) is 6.92. The Morgan fingerprint density at radius 3 is 2.91 bits per heavy atom. The van der Waals surface area contributed by atoms with Crippen molar-refractivity contribution in [3.8, 4) is 11.4 Å². The Kier molecular flexibility index (Phi) is 6.99. The fourth-order valence-electron chi connectivity index (χ4n) is 1.55. The molecular weight excluding hydrogens is 316 g/mol. The van der Waals surface area contributed by atoms with Gasteiger partial charge >= 0.3 is 5.97 Å². The van der Waals surface area contributed by atoms with E-state index in [2.05, 4.69) is 20.1 Å². The van der Waals surface area contributed by atoms with Crippen molar-refractivity contribution in [3.05, 3.63) is 36.7 Å². The second-order valence-corrected chi connectivity index (χ2v) is 5.09. The minimum atomic E-state index is -0.356. The molecule has 0 N–H and O–H groups in total. The summed E-state index contributed by atoms with van der Waals surface area (Å²) in [6.07, 6.45) is 4.86. The molecule has 0 amide bonds. The van der Waals surface area contributed by atoms with E-state index in [1.807, 2.05) is 18.2 Å². The maximum atomic E-state index is 11.6. The number of oxime groups is 1. The number of hydrogen-bond donors (Lipinski definition) is 0. The van der Waals surface area contributed by atoms with Gasteiger partial charge in [0.2, 0.25) is 0 Å². The van der Waals surface area contributed by atoms with Gasteiger partial charge < -0.3 is 9.57 Å². The molecule has 0 aliphatic rings. The van der Waals surface area contributed by atoms with Crippen LogP contribution in [0.1, 0.15) is 6.92 Å². The summed E-state index contributed by atoms with van der Waals surface area (Å²) in [6, 6.07) is 7.37. The molecule has 120 valence electrons. The molecule has 0 unspecified atom stereocenters. The normalized spacial score (nSPS) is 10.7. The lowest BCUT2D eigenvalue weighted by Gasteiger charge is -2.04. The highest BCUT2D eigenvalue weighted by molar-refractivity contribution is 7.99. The third-order valence-corrected chi connectivity index (χ3v) is 3.33. The Hall–Kier alpha value is -2.48. The average molecular weight is 332 g/mol. The van der Waals surface area contributed by atoms with Crippen molar-refractivity contribution in [2.24, 2.45) is 5.16 Å². The minimum absolute atomic E-state index is 0.128. The molecule has 2 aromatic rings. The van der Waals surface area contributed by atoms with E-state index in [4.69, 9.17) is 9.57 Å². The van der Waals surface area contributed by atoms with Gasteiger partial charge in [-0.25, -0.2) is 9.97 Å². The fraction of sp³-hybridized carbons (Fsp3) is 0.267. The Morgan fingerprint density at radius 1 is 1.22 bits per heavy atom. The fourth-order valence-corrected chi connectivity index (χ4v) is 2.18. The topological polar surface area (TPSA) is 86.6 Å². The molecule has 2 rings (SSSR count). The Labute approximate surface area is 138 Å². The Bertz CT molecular complexity index is 652. The van der Waals surface area contributed by atoms with Gasteiger partial charge in [0.05, 0.1) is 17.1 Å². The summed E-state index contributed by atoms with van der Waals surface area (Å²) in [6.45, 7) is 2.12. The number of carbonyl (C=O) groups is 1. The van der Waals surface area contributed by atoms with E-state index in [0.717, 1.165) is 5.69 Å². The summed E-state index contributed by atoms with van der Waals surface area (Å²) in [7, 11) is 0. The van der Waals surface area contributed by atoms with E-state index >= 15 is 0 Å². The molecule has 0 aliphatic heterocycles. The van der Waals surface area contributed by atoms with Crippen molar-refractivity contribution in [2.45, 2.75) is 12.1 Å². The number of ether oxygens (including phenoxy) is 1. The van der Waals surface area contributed by atoms with Crippen molar-refractivity contribution < 1.29 is 14.4 Å². The van der Waals surface area contributed by atoms with Crippen molar-refractivity contribution in [1.82, 2.24) is 15.0 Å². The lowest BCUT2D eigenvalue weighted by atomic mass is 10.3. The standard InChI is InChI=1S/C15H16N4O3S/c1-2-18-22-10-9-21-14(20)11-23-15-17-8-6-13(19-15)12-5-3-4-7-16-12/h2-8H,9-11H2,1H3/b18-2+. The van der Waals surface area contributed by atoms with Gasteiger partial charge in [-0.05, 0) is 25.1 Å². The van der Waals surface area contributed by atoms with Crippen LogP contribution in [-0.2, 0) is 14.4 Å². The molecule has 23 heavy (non-hydrogen) atoms. The van der Waals surface area contributed by atoms with Crippen LogP contribution in [0.4, 0.5) is 0 Å². The van der Waals surface area contributed by atoms with Gasteiger partial charge in [-0.1, -0.05) is 23.0 Å². The summed E-state index contributed by atoms with van der Waals surface area (Å²) < 4.78 is 5.00. The SMILES string of the molecule is C/C=N/OCCOC(=O)CSc1nccc(-c2ccccn2)n1. The summed E-state index contributed by atoms with van der Waals surface area (Å²) in [5, 5.41) is 4.05. The second kappa shape index (κ2) is 9.52. The first-order valence-corrected chi connectivity index (χ1v) is 7.91. The van der Waals surface area contributed by atoms with Gasteiger partial charge in [-0.3, -0.25) is 9.78 Å². The first-order chi connectivity index (χ1) is 11.3. The van der Waals surface area contributed by atoms with Crippen molar-refractivity contribution >= 4 is 23.9 Å². The van der Waals surface area contributed by atoms with Gasteiger partial charge in [-0.15, -0.1) is 0 Å². The molecular formula is C15H16N4O3S. The summed E-state index contributed by atoms with van der Waals surface area (Å²) >= 11 is 1.21. The third-order valence-electron chi connectivity index (χ3n) is 2.50. The zero-order valence-corrected chi connectivity index (χ0v) is 13.4. The van der Waals surface area contributed by atoms with E-state index in [1.54, 1.807) is 25.4 Å². The van der Waals surface area contributed by atoms with Gasteiger partial charge in [-0.2, -0.15) is 0 Å². The number of carbonyl (C=O) groups excluding carboxylic acids is 1. The molecule has 0 bridgehead atoms. The predicted molar refractivity (Wildman–Crippen MR) is 87.1 cm³/mol. The quantitative estimate of drug-likeness (QED) is 0.183. The summed E-state index contributed by atoms with van der Waals surface area (Å²) in [4.78, 5) is 29.2. The minimum Gasteiger partial charge on any atom is -0.461 e. The molecule has 0 spiro atoms. The van der Waals surface area contributed by atoms with Crippen LogP contribution in [0.2, 0.25) is 0 Å². The molecule has 8 heteroatoms. The summed E-state index contributed by atoms with van der Waals surface area (Å²) in [5.74, 6) is -0.228. The van der Waals surface area contributed by atoms with Crippen LogP contribution in [0, 0.1) is 0 Å². The van der Waals surface area contributed by atoms with E-state index in [-0.39, 0.29) is 24.9 Å². The average Bonchev–Trinajstić information content (AvgIpc) is 2.61. The maximum Gasteiger partial charge on any atom is 0.316 e. The van der Waals surface area contributed by atoms with Crippen LogP contribution in [-0.4, -0.2) is 46.1 Å². The second-order valence-electron chi connectivity index (χ2n) is 4.15. The number of pyridine rings is 1. The highest BCUT2D eigenvalue weighted by atomic mass is 32.2. The molecule has 0 atom stereocenters. The molecule has 2 heterocycles. The molecule has 0 saturated carbocycles. The van der Waals surface area contributed by atoms with E-state index in [1.165, 1.54) is 18.0 Å². The van der Waals surface area contributed by atoms with Crippen LogP contribution in [0.25, 0.3) is 11.4 Å². The number of thioether (sulfide) groups is 1. The lowest BCUT2D eigenvalue weighted by molar-refractivity contribution is -0.141. The molecule has 0 fully saturated rings. The van der Waals surface area contributed by atoms with Crippen LogP contribution >= 0.6 is 11.8 Å². The van der Waals surface area contributed by atoms with Crippen molar-refractivity contribution in [1.29, 1.82) is 0 Å². The largest absolute Gasteiger partial charge is 0.461 e. The Balaban J connectivity index is 1.81. The lowest BCUT2D eigenvalue weighted by Crippen LogP contribution is -2.11. The number of nitrogens with zero attached hydrogens (tertiary/aromatic N) is 4. The van der Waals surface area contributed by atoms with E-state index < -0.39 is 0 Å². The Morgan fingerprint density at radius 2 is 2.13 bits per heavy atom. The summed E-state index contributed by atoms with van der Waals surface area (Å²) in [5.41, 5.74) is 1.47. The van der Waals surface area contributed by atoms with Gasteiger partial charge in [0.15, 0.2) is 11.8 Å². The van der Waals surface area contributed by atoms with Crippen molar-refractivity contribution in [2.75, 3.05) is 19.0 Å². The molecule has 2 aromatic heterocycles. The van der Waals surface area contributed by atoms with Gasteiger partial charge in [0.25, 0.3) is 0 Å². The maximum absolute atomic E-state index is 11.6. The molecule has 0 radical (unpaired) electrons. The van der Waals surface area contributed by atoms with E-state index in [9.17, 15) is 4.79 Å². The predicted octanol–water partition coefficient (Wildman–Crippen LogP) is 2.20. The van der Waals surface area contributed by atoms with Gasteiger partial charge in [0, 0.05) is 18.6 Å². The number of hydrogen-bond acceptors (Lipinski definition) is 8. The zero-order valence-electron chi connectivity index (χ0n) is 12.6. The third kappa shape index (κ3) is 6.03. The van der Waals surface area contributed by atoms with E-state index in [0.29, 0.717) is 10.9 Å². The van der Waals surface area contributed by atoms with Gasteiger partial charge in [0.1, 0.15) is 6.61 Å². The molecule has 7 nitrogen and oxygen atoms in total. The first kappa shape index (κ1) is 16.9. The number of esters is 1. The number of aromatic nitrogens is 3. The zero-order chi connectivity index (χ0) is 16.3. The smallest absolute Gasteiger partial charge is 0.316 e. The number of rotatable bonds is 8. The van der Waals surface area contributed by atoms with Crippen LogP contribution in [0.15, 0.2) is 47.0 Å². The molecule has 0 saturated heterocycles.